The van der Waals surface area contributed by atoms with Crippen LogP contribution >= 0.6 is 11.8 Å². The first kappa shape index (κ1) is 13.6. The van der Waals surface area contributed by atoms with Gasteiger partial charge in [-0.3, -0.25) is 0 Å². The molecule has 1 aromatic rings. The Morgan fingerprint density at radius 1 is 1.50 bits per heavy atom. The van der Waals surface area contributed by atoms with Crippen molar-refractivity contribution in [3.8, 4) is 11.5 Å². The molecule has 1 N–H and O–H groups in total. The minimum Gasteiger partial charge on any atom is -0.497 e. The van der Waals surface area contributed by atoms with Crippen LogP contribution in [0.2, 0.25) is 0 Å². The van der Waals surface area contributed by atoms with Crippen LogP contribution in [0.5, 0.6) is 11.5 Å². The molecule has 0 aliphatic carbocycles. The van der Waals surface area contributed by atoms with Crippen LogP contribution in [-0.2, 0) is 0 Å². The summed E-state index contributed by atoms with van der Waals surface area (Å²) in [7, 11) is 1.64. The van der Waals surface area contributed by atoms with Gasteiger partial charge in [-0.05, 0) is 37.0 Å². The third-order valence-corrected chi connectivity index (χ3v) is 3.93. The average Bonchev–Trinajstić information content (AvgIpc) is 2.38. The van der Waals surface area contributed by atoms with Gasteiger partial charge >= 0.3 is 0 Å². The molecule has 4 heteroatoms. The van der Waals surface area contributed by atoms with Crippen molar-refractivity contribution in [2.45, 2.75) is 31.5 Å². The van der Waals surface area contributed by atoms with Crippen LogP contribution in [0, 0.1) is 0 Å². The van der Waals surface area contributed by atoms with Crippen LogP contribution < -0.4 is 9.47 Å². The number of hydrogen-bond donors (Lipinski definition) is 1. The number of hydrogen-bond acceptors (Lipinski definition) is 4. The molecule has 0 amide bonds. The van der Waals surface area contributed by atoms with Crippen molar-refractivity contribution in [1.82, 2.24) is 0 Å². The number of benzene rings is 1. The van der Waals surface area contributed by atoms with E-state index in [1.165, 1.54) is 0 Å². The van der Waals surface area contributed by atoms with Crippen molar-refractivity contribution in [2.75, 3.05) is 19.1 Å². The first-order valence-corrected chi connectivity index (χ1v) is 7.65. The zero-order valence-electron chi connectivity index (χ0n) is 10.9. The van der Waals surface area contributed by atoms with Crippen molar-refractivity contribution in [1.29, 1.82) is 0 Å². The molecule has 0 aromatic heterocycles. The first-order chi connectivity index (χ1) is 8.74. The van der Waals surface area contributed by atoms with Gasteiger partial charge in [-0.25, -0.2) is 0 Å². The Labute approximate surface area is 112 Å². The molecular formula is C14H20O3S. The van der Waals surface area contributed by atoms with Gasteiger partial charge < -0.3 is 14.6 Å². The third kappa shape index (κ3) is 3.12. The SMILES string of the molecule is COc1ccc2c(c1)OC(CCCSC)C[C@@H]2O. The minimum atomic E-state index is -0.418. The van der Waals surface area contributed by atoms with Crippen LogP contribution in [0.1, 0.15) is 30.9 Å². The van der Waals surface area contributed by atoms with Crippen molar-refractivity contribution in [3.63, 3.8) is 0 Å². The molecule has 18 heavy (non-hydrogen) atoms. The van der Waals surface area contributed by atoms with Gasteiger partial charge in [0.1, 0.15) is 17.6 Å². The fourth-order valence-corrected chi connectivity index (χ4v) is 2.71. The minimum absolute atomic E-state index is 0.117. The Hall–Kier alpha value is -0.870. The van der Waals surface area contributed by atoms with Gasteiger partial charge in [-0.1, -0.05) is 0 Å². The number of rotatable bonds is 5. The van der Waals surface area contributed by atoms with Gasteiger partial charge in [0.2, 0.25) is 0 Å². The number of ether oxygens (including phenoxy) is 2. The second-order valence-corrected chi connectivity index (χ2v) is 5.52. The van der Waals surface area contributed by atoms with Gasteiger partial charge in [0.25, 0.3) is 0 Å². The van der Waals surface area contributed by atoms with Crippen molar-refractivity contribution < 1.29 is 14.6 Å². The molecule has 0 saturated carbocycles. The Kier molecular flexibility index (Phi) is 4.78. The maximum absolute atomic E-state index is 10.1. The summed E-state index contributed by atoms with van der Waals surface area (Å²) in [5.74, 6) is 2.67. The van der Waals surface area contributed by atoms with Gasteiger partial charge in [0.05, 0.1) is 13.2 Å². The maximum atomic E-state index is 10.1. The Bertz CT molecular complexity index is 395. The lowest BCUT2D eigenvalue weighted by molar-refractivity contribution is 0.0614. The molecular weight excluding hydrogens is 248 g/mol. The normalized spacial score (nSPS) is 22.2. The van der Waals surface area contributed by atoms with E-state index in [9.17, 15) is 5.11 Å². The Morgan fingerprint density at radius 3 is 3.06 bits per heavy atom. The van der Waals surface area contributed by atoms with E-state index < -0.39 is 6.10 Å². The smallest absolute Gasteiger partial charge is 0.129 e. The van der Waals surface area contributed by atoms with E-state index in [4.69, 9.17) is 9.47 Å². The molecule has 0 spiro atoms. The second kappa shape index (κ2) is 6.34. The lowest BCUT2D eigenvalue weighted by Gasteiger charge is -2.30. The molecule has 1 unspecified atom stereocenters. The lowest BCUT2D eigenvalue weighted by atomic mass is 9.97. The summed E-state index contributed by atoms with van der Waals surface area (Å²) >= 11 is 1.84. The molecule has 2 atom stereocenters. The molecule has 100 valence electrons. The van der Waals surface area contributed by atoms with E-state index in [0.29, 0.717) is 6.42 Å². The number of thioether (sulfide) groups is 1. The van der Waals surface area contributed by atoms with Crippen molar-refractivity contribution in [3.05, 3.63) is 23.8 Å². The van der Waals surface area contributed by atoms with E-state index in [1.807, 2.05) is 30.0 Å². The summed E-state index contributed by atoms with van der Waals surface area (Å²) in [6.07, 6.45) is 4.61. The number of aliphatic hydroxyl groups is 1. The number of methoxy groups -OCH3 is 1. The molecule has 1 aliphatic rings. The van der Waals surface area contributed by atoms with E-state index in [1.54, 1.807) is 7.11 Å². The highest BCUT2D eigenvalue weighted by Gasteiger charge is 2.26. The van der Waals surface area contributed by atoms with E-state index in [-0.39, 0.29) is 6.10 Å². The van der Waals surface area contributed by atoms with Crippen LogP contribution in [0.15, 0.2) is 18.2 Å². The second-order valence-electron chi connectivity index (χ2n) is 4.53. The van der Waals surface area contributed by atoms with E-state index >= 15 is 0 Å². The fraction of sp³-hybridized carbons (Fsp3) is 0.571. The van der Waals surface area contributed by atoms with Crippen LogP contribution in [0.3, 0.4) is 0 Å². The first-order valence-electron chi connectivity index (χ1n) is 6.26. The fourth-order valence-electron chi connectivity index (χ4n) is 2.25. The van der Waals surface area contributed by atoms with Gasteiger partial charge in [0, 0.05) is 18.1 Å². The number of aliphatic hydroxyl groups excluding tert-OH is 1. The zero-order valence-corrected chi connectivity index (χ0v) is 11.7. The summed E-state index contributed by atoms with van der Waals surface area (Å²) in [6, 6.07) is 5.61. The molecule has 1 aromatic carbocycles. The molecule has 0 fully saturated rings. The summed E-state index contributed by atoms with van der Waals surface area (Å²) in [6.45, 7) is 0. The topological polar surface area (TPSA) is 38.7 Å². The molecule has 0 radical (unpaired) electrons. The highest BCUT2D eigenvalue weighted by Crippen LogP contribution is 2.38. The van der Waals surface area contributed by atoms with E-state index in [2.05, 4.69) is 6.26 Å². The predicted octanol–water partition coefficient (Wildman–Crippen LogP) is 3.02. The molecule has 0 bridgehead atoms. The monoisotopic (exact) mass is 268 g/mol. The molecule has 1 aliphatic heterocycles. The standard InChI is InChI=1S/C14H20O3S/c1-16-10-5-6-12-13(15)8-11(4-3-7-18-2)17-14(12)9-10/h5-6,9,11,13,15H,3-4,7-8H2,1-2H3/t11?,13-/m0/s1. The largest absolute Gasteiger partial charge is 0.497 e. The molecule has 2 rings (SSSR count). The summed E-state index contributed by atoms with van der Waals surface area (Å²) < 4.78 is 11.1. The van der Waals surface area contributed by atoms with Crippen molar-refractivity contribution >= 4 is 11.8 Å². The lowest BCUT2D eigenvalue weighted by Crippen LogP contribution is -2.25. The van der Waals surface area contributed by atoms with Gasteiger partial charge in [0.15, 0.2) is 0 Å². The summed E-state index contributed by atoms with van der Waals surface area (Å²) in [5, 5.41) is 10.1. The summed E-state index contributed by atoms with van der Waals surface area (Å²) in [5.41, 5.74) is 0.872. The van der Waals surface area contributed by atoms with Crippen LogP contribution in [0.25, 0.3) is 0 Å². The number of fused-ring (bicyclic) bond motifs is 1. The van der Waals surface area contributed by atoms with Crippen molar-refractivity contribution in [2.24, 2.45) is 0 Å². The average molecular weight is 268 g/mol. The summed E-state index contributed by atoms with van der Waals surface area (Å²) in [4.78, 5) is 0. The van der Waals surface area contributed by atoms with Crippen LogP contribution in [0.4, 0.5) is 0 Å². The third-order valence-electron chi connectivity index (χ3n) is 3.23. The molecule has 1 heterocycles. The highest BCUT2D eigenvalue weighted by atomic mass is 32.2. The molecule has 3 nitrogen and oxygen atoms in total. The van der Waals surface area contributed by atoms with E-state index in [0.717, 1.165) is 35.7 Å². The maximum Gasteiger partial charge on any atom is 0.129 e. The Balaban J connectivity index is 2.06. The zero-order chi connectivity index (χ0) is 13.0. The van der Waals surface area contributed by atoms with Gasteiger partial charge in [-0.2, -0.15) is 11.8 Å². The van der Waals surface area contributed by atoms with Gasteiger partial charge in [-0.15, -0.1) is 0 Å². The Morgan fingerprint density at radius 2 is 2.33 bits per heavy atom. The highest BCUT2D eigenvalue weighted by molar-refractivity contribution is 7.98. The molecule has 0 saturated heterocycles. The quantitative estimate of drug-likeness (QED) is 0.833. The van der Waals surface area contributed by atoms with Crippen LogP contribution in [-0.4, -0.2) is 30.3 Å². The predicted molar refractivity (Wildman–Crippen MR) is 74.6 cm³/mol.